The number of nitrogens with one attached hydrogen (secondary N) is 2. The van der Waals surface area contributed by atoms with Crippen LogP contribution in [0.25, 0.3) is 22.2 Å². The molecule has 0 unspecified atom stereocenters. The van der Waals surface area contributed by atoms with E-state index in [-0.39, 0.29) is 22.4 Å². The largest absolute Gasteiger partial charge is 0.490 e. The number of sulfonamides is 1. The summed E-state index contributed by atoms with van der Waals surface area (Å²) in [6.07, 6.45) is -1.86. The van der Waals surface area contributed by atoms with Crippen molar-refractivity contribution in [1.82, 2.24) is 14.7 Å². The van der Waals surface area contributed by atoms with Crippen LogP contribution in [0.1, 0.15) is 25.5 Å². The summed E-state index contributed by atoms with van der Waals surface area (Å²) in [6, 6.07) is 10.4. The monoisotopic (exact) mass is 547 g/mol. The van der Waals surface area contributed by atoms with E-state index in [1.165, 1.54) is 0 Å². The molecule has 1 fully saturated rings. The second kappa shape index (κ2) is 10.6. The number of carboxylic acid groups (broad SMARTS) is 1. The van der Waals surface area contributed by atoms with Gasteiger partial charge in [-0.2, -0.15) is 13.2 Å². The summed E-state index contributed by atoms with van der Waals surface area (Å²) < 4.78 is 82.8. The van der Waals surface area contributed by atoms with Crippen LogP contribution in [-0.2, 0) is 31.1 Å². The summed E-state index contributed by atoms with van der Waals surface area (Å²) in [7, 11) is -6.73. The molecule has 0 amide bonds. The van der Waals surface area contributed by atoms with Crippen molar-refractivity contribution in [2.75, 3.05) is 11.5 Å². The highest BCUT2D eigenvalue weighted by Gasteiger charge is 2.38. The van der Waals surface area contributed by atoms with E-state index >= 15 is 0 Å². The average Bonchev–Trinajstić information content (AvgIpc) is 3.24. The van der Waals surface area contributed by atoms with Crippen molar-refractivity contribution >= 4 is 36.9 Å². The molecular formula is C22H24F3N3O6S2. The molecule has 0 bridgehead atoms. The first-order chi connectivity index (χ1) is 16.7. The third-order valence-electron chi connectivity index (χ3n) is 5.56. The summed E-state index contributed by atoms with van der Waals surface area (Å²) in [5.74, 6) is -2.71. The SMILES string of the molecule is CCc1cc2c(-c3ccc(S(=O)(=O)NC4CCS(=O)(=O)CC4)cc3)ccnc2[nH]1.O=C(O)C(F)(F)F. The third kappa shape index (κ3) is 6.83. The van der Waals surface area contributed by atoms with E-state index in [0.29, 0.717) is 12.8 Å². The second-order valence-corrected chi connectivity index (χ2v) is 12.2. The molecule has 196 valence electrons. The number of fused-ring (bicyclic) bond motifs is 1. The smallest absolute Gasteiger partial charge is 0.475 e. The van der Waals surface area contributed by atoms with E-state index < -0.39 is 32.0 Å². The summed E-state index contributed by atoms with van der Waals surface area (Å²) in [5.41, 5.74) is 3.80. The van der Waals surface area contributed by atoms with Gasteiger partial charge in [0, 0.05) is 23.3 Å². The minimum Gasteiger partial charge on any atom is -0.475 e. The zero-order valence-electron chi connectivity index (χ0n) is 19.0. The number of aromatic amines is 1. The van der Waals surface area contributed by atoms with Crippen molar-refractivity contribution in [3.05, 3.63) is 48.3 Å². The number of pyridine rings is 1. The van der Waals surface area contributed by atoms with E-state index in [1.807, 2.05) is 6.07 Å². The van der Waals surface area contributed by atoms with Crippen molar-refractivity contribution in [1.29, 1.82) is 0 Å². The molecular weight excluding hydrogens is 523 g/mol. The van der Waals surface area contributed by atoms with Crippen molar-refractivity contribution in [2.24, 2.45) is 0 Å². The highest BCUT2D eigenvalue weighted by atomic mass is 32.2. The number of hydrogen-bond acceptors (Lipinski definition) is 6. The maximum absolute atomic E-state index is 12.7. The quantitative estimate of drug-likeness (QED) is 0.444. The summed E-state index contributed by atoms with van der Waals surface area (Å²) in [6.45, 7) is 2.07. The standard InChI is InChI=1S/C20H23N3O4S2.C2HF3O2/c1-2-15-13-19-18(7-10-21-20(19)22-15)14-3-5-17(6-4-14)29(26,27)23-16-8-11-28(24,25)12-9-16;3-2(4,5)1(6)7/h3-7,10,13,16,23H,2,8-9,11-12H2,1H3,(H,21,22);(H,6,7). The number of rotatable bonds is 5. The minimum atomic E-state index is -5.08. The van der Waals surface area contributed by atoms with Gasteiger partial charge in [0.25, 0.3) is 0 Å². The number of hydrogen-bond donors (Lipinski definition) is 3. The van der Waals surface area contributed by atoms with Crippen LogP contribution in [0.2, 0.25) is 0 Å². The van der Waals surface area contributed by atoms with Gasteiger partial charge in [-0.05, 0) is 54.7 Å². The topological polar surface area (TPSA) is 146 Å². The Labute approximate surface area is 205 Å². The van der Waals surface area contributed by atoms with Crippen LogP contribution >= 0.6 is 0 Å². The van der Waals surface area contributed by atoms with Gasteiger partial charge in [0.2, 0.25) is 10.0 Å². The van der Waals surface area contributed by atoms with Crippen LogP contribution in [0, 0.1) is 0 Å². The predicted octanol–water partition coefficient (Wildman–Crippen LogP) is 3.28. The lowest BCUT2D eigenvalue weighted by atomic mass is 10.0. The van der Waals surface area contributed by atoms with Crippen molar-refractivity contribution in [2.45, 2.75) is 43.3 Å². The molecule has 3 N–H and O–H groups in total. The van der Waals surface area contributed by atoms with Crippen LogP contribution in [0.4, 0.5) is 13.2 Å². The van der Waals surface area contributed by atoms with E-state index in [2.05, 4.69) is 27.7 Å². The predicted molar refractivity (Wildman–Crippen MR) is 127 cm³/mol. The molecule has 1 saturated heterocycles. The number of halogens is 3. The zero-order chi connectivity index (χ0) is 26.7. The van der Waals surface area contributed by atoms with E-state index in [9.17, 15) is 30.0 Å². The number of aromatic nitrogens is 2. The molecule has 0 saturated carbocycles. The lowest BCUT2D eigenvalue weighted by Crippen LogP contribution is -2.40. The molecule has 0 aliphatic carbocycles. The Morgan fingerprint density at radius 3 is 2.28 bits per heavy atom. The molecule has 1 aliphatic rings. The number of benzene rings is 1. The molecule has 0 radical (unpaired) electrons. The Bertz CT molecular complexity index is 1440. The number of aryl methyl sites for hydroxylation is 1. The molecule has 1 aromatic carbocycles. The van der Waals surface area contributed by atoms with Crippen molar-refractivity contribution < 1.29 is 39.9 Å². The first kappa shape index (κ1) is 27.6. The number of carbonyl (C=O) groups is 1. The number of aliphatic carboxylic acids is 1. The van der Waals surface area contributed by atoms with Gasteiger partial charge in [-0.15, -0.1) is 0 Å². The van der Waals surface area contributed by atoms with Crippen LogP contribution in [0.3, 0.4) is 0 Å². The summed E-state index contributed by atoms with van der Waals surface area (Å²) in [4.78, 5) is 16.7. The fourth-order valence-electron chi connectivity index (χ4n) is 3.63. The Balaban J connectivity index is 0.000000454. The molecule has 14 heteroatoms. The van der Waals surface area contributed by atoms with Gasteiger partial charge in [-0.3, -0.25) is 0 Å². The third-order valence-corrected chi connectivity index (χ3v) is 8.81. The molecule has 3 aromatic rings. The molecule has 3 heterocycles. The van der Waals surface area contributed by atoms with E-state index in [0.717, 1.165) is 34.3 Å². The van der Waals surface area contributed by atoms with Crippen molar-refractivity contribution in [3.8, 4) is 11.1 Å². The van der Waals surface area contributed by atoms with Crippen LogP contribution < -0.4 is 4.72 Å². The lowest BCUT2D eigenvalue weighted by Gasteiger charge is -2.22. The molecule has 0 spiro atoms. The maximum atomic E-state index is 12.7. The van der Waals surface area contributed by atoms with Crippen LogP contribution in [-0.4, -0.2) is 61.6 Å². The van der Waals surface area contributed by atoms with Gasteiger partial charge in [-0.25, -0.2) is 31.3 Å². The Morgan fingerprint density at radius 2 is 1.75 bits per heavy atom. The van der Waals surface area contributed by atoms with Gasteiger partial charge in [0.15, 0.2) is 0 Å². The first-order valence-corrected chi connectivity index (χ1v) is 14.1. The van der Waals surface area contributed by atoms with Gasteiger partial charge in [0.05, 0.1) is 16.4 Å². The number of H-pyrrole nitrogens is 1. The molecule has 0 atom stereocenters. The minimum absolute atomic E-state index is 0.0214. The summed E-state index contributed by atoms with van der Waals surface area (Å²) >= 11 is 0. The average molecular weight is 548 g/mol. The first-order valence-electron chi connectivity index (χ1n) is 10.8. The van der Waals surface area contributed by atoms with Crippen molar-refractivity contribution in [3.63, 3.8) is 0 Å². The fraction of sp³-hybridized carbons (Fsp3) is 0.364. The van der Waals surface area contributed by atoms with Crippen LogP contribution in [0.15, 0.2) is 47.5 Å². The molecule has 1 aliphatic heterocycles. The number of nitrogens with zero attached hydrogens (tertiary/aromatic N) is 1. The second-order valence-electron chi connectivity index (χ2n) is 8.14. The highest BCUT2D eigenvalue weighted by Crippen LogP contribution is 2.29. The van der Waals surface area contributed by atoms with Gasteiger partial charge < -0.3 is 10.1 Å². The maximum Gasteiger partial charge on any atom is 0.490 e. The Hall–Kier alpha value is -2.97. The van der Waals surface area contributed by atoms with E-state index in [1.54, 1.807) is 30.5 Å². The molecule has 36 heavy (non-hydrogen) atoms. The number of sulfone groups is 1. The van der Waals surface area contributed by atoms with Gasteiger partial charge in [-0.1, -0.05) is 19.1 Å². The molecule has 9 nitrogen and oxygen atoms in total. The highest BCUT2D eigenvalue weighted by molar-refractivity contribution is 7.91. The zero-order valence-corrected chi connectivity index (χ0v) is 20.7. The molecule has 4 rings (SSSR count). The fourth-order valence-corrected chi connectivity index (χ4v) is 6.43. The van der Waals surface area contributed by atoms with Gasteiger partial charge in [0.1, 0.15) is 15.5 Å². The summed E-state index contributed by atoms with van der Waals surface area (Å²) in [5, 5.41) is 8.13. The lowest BCUT2D eigenvalue weighted by molar-refractivity contribution is -0.192. The normalized spacial score (nSPS) is 16.3. The van der Waals surface area contributed by atoms with Gasteiger partial charge >= 0.3 is 12.1 Å². The Morgan fingerprint density at radius 1 is 1.17 bits per heavy atom. The number of carboxylic acids is 1. The van der Waals surface area contributed by atoms with E-state index in [4.69, 9.17) is 9.90 Å². The Kier molecular flexibility index (Phi) is 8.10. The molecule has 2 aromatic heterocycles. The number of alkyl halides is 3. The van der Waals surface area contributed by atoms with Crippen LogP contribution in [0.5, 0.6) is 0 Å².